The van der Waals surface area contributed by atoms with Gasteiger partial charge in [0.15, 0.2) is 0 Å². The maximum Gasteiger partial charge on any atom is 0.331 e. The molecule has 0 bridgehead atoms. The molecular weight excluding hydrogens is 312 g/mol. The second-order valence-corrected chi connectivity index (χ2v) is 5.86. The largest absolute Gasteiger partial charge is 0.478 e. The summed E-state index contributed by atoms with van der Waals surface area (Å²) in [5.74, 6) is -2.81. The Morgan fingerprint density at radius 2 is 1.62 bits per heavy atom. The number of carboxylic acids is 1. The van der Waals surface area contributed by atoms with Crippen LogP contribution < -0.4 is 5.32 Å². The summed E-state index contributed by atoms with van der Waals surface area (Å²) in [6.07, 6.45) is 0.992. The van der Waals surface area contributed by atoms with Gasteiger partial charge >= 0.3 is 5.97 Å². The van der Waals surface area contributed by atoms with E-state index in [1.54, 1.807) is 12.1 Å². The number of rotatable bonds is 5. The molecule has 2 aromatic carbocycles. The summed E-state index contributed by atoms with van der Waals surface area (Å²) < 4.78 is 28.4. The quantitative estimate of drug-likeness (QED) is 0.763. The number of hydrogen-bond acceptors (Lipinski definition) is 2. The molecule has 24 heavy (non-hydrogen) atoms. The van der Waals surface area contributed by atoms with Crippen molar-refractivity contribution in [2.24, 2.45) is 0 Å². The molecule has 0 heterocycles. The molecular formula is C19H19F2NO2. The van der Waals surface area contributed by atoms with E-state index in [1.807, 2.05) is 26.0 Å². The van der Waals surface area contributed by atoms with Gasteiger partial charge in [-0.25, -0.2) is 13.6 Å². The smallest absolute Gasteiger partial charge is 0.331 e. The van der Waals surface area contributed by atoms with E-state index in [0.717, 1.165) is 11.8 Å². The monoisotopic (exact) mass is 331 g/mol. The highest BCUT2D eigenvalue weighted by Gasteiger charge is 2.12. The van der Waals surface area contributed by atoms with E-state index >= 15 is 0 Å². The highest BCUT2D eigenvalue weighted by atomic mass is 19.1. The molecule has 0 saturated carbocycles. The molecule has 2 rings (SSSR count). The third kappa shape index (κ3) is 4.19. The molecule has 0 aliphatic carbocycles. The Bertz CT molecular complexity index is 757. The number of halogens is 2. The van der Waals surface area contributed by atoms with Crippen LogP contribution in [-0.4, -0.2) is 17.1 Å². The van der Waals surface area contributed by atoms with E-state index < -0.39 is 17.6 Å². The van der Waals surface area contributed by atoms with Crippen molar-refractivity contribution in [1.82, 2.24) is 0 Å². The zero-order valence-electron chi connectivity index (χ0n) is 13.7. The van der Waals surface area contributed by atoms with Crippen LogP contribution in [0.1, 0.15) is 26.3 Å². The average molecular weight is 331 g/mol. The lowest BCUT2D eigenvalue weighted by atomic mass is 10.0. The highest BCUT2D eigenvalue weighted by molar-refractivity contribution is 5.91. The van der Waals surface area contributed by atoms with Crippen molar-refractivity contribution >= 4 is 17.7 Å². The first-order valence-corrected chi connectivity index (χ1v) is 7.55. The van der Waals surface area contributed by atoms with Gasteiger partial charge < -0.3 is 10.4 Å². The summed E-state index contributed by atoms with van der Waals surface area (Å²) in [7, 11) is 0. The Balaban J connectivity index is 2.36. The molecule has 0 aliphatic heterocycles. The summed E-state index contributed by atoms with van der Waals surface area (Å²) in [4.78, 5) is 10.8. The number of carbonyl (C=O) groups is 1. The summed E-state index contributed by atoms with van der Waals surface area (Å²) in [6, 6.07) is 9.92. The number of hydrogen-bond donors (Lipinski definition) is 2. The van der Waals surface area contributed by atoms with Gasteiger partial charge in [0.05, 0.1) is 0 Å². The number of benzene rings is 2. The van der Waals surface area contributed by atoms with Crippen molar-refractivity contribution < 1.29 is 18.7 Å². The van der Waals surface area contributed by atoms with E-state index in [2.05, 4.69) is 5.32 Å². The zero-order valence-corrected chi connectivity index (χ0v) is 13.7. The molecule has 0 radical (unpaired) electrons. The van der Waals surface area contributed by atoms with Gasteiger partial charge in [0.2, 0.25) is 0 Å². The molecule has 0 aromatic heterocycles. The molecule has 126 valence electrons. The van der Waals surface area contributed by atoms with Crippen LogP contribution in [0.4, 0.5) is 14.5 Å². The lowest BCUT2D eigenvalue weighted by Gasteiger charge is -2.11. The molecule has 0 unspecified atom stereocenters. The predicted octanol–water partition coefficient (Wildman–Crippen LogP) is 4.94. The predicted molar refractivity (Wildman–Crippen MR) is 91.8 cm³/mol. The maximum atomic E-state index is 14.2. The second kappa shape index (κ2) is 7.25. The Labute approximate surface area is 139 Å². The molecule has 0 amide bonds. The van der Waals surface area contributed by atoms with E-state index in [9.17, 15) is 13.6 Å². The highest BCUT2D eigenvalue weighted by Crippen LogP contribution is 2.27. The normalized spacial score (nSPS) is 11.7. The van der Waals surface area contributed by atoms with Gasteiger partial charge in [-0.05, 0) is 62.2 Å². The third-order valence-corrected chi connectivity index (χ3v) is 3.45. The van der Waals surface area contributed by atoms with E-state index in [0.29, 0.717) is 11.1 Å². The minimum atomic E-state index is -1.22. The number of anilines is 1. The molecule has 3 nitrogen and oxygen atoms in total. The van der Waals surface area contributed by atoms with Crippen LogP contribution in [0.5, 0.6) is 0 Å². The second-order valence-electron chi connectivity index (χ2n) is 5.86. The summed E-state index contributed by atoms with van der Waals surface area (Å²) in [5, 5.41) is 12.1. The fourth-order valence-corrected chi connectivity index (χ4v) is 2.26. The van der Waals surface area contributed by atoms with Gasteiger partial charge in [0, 0.05) is 22.9 Å². The van der Waals surface area contributed by atoms with Gasteiger partial charge in [0.25, 0.3) is 0 Å². The van der Waals surface area contributed by atoms with Crippen molar-refractivity contribution in [3.8, 4) is 11.1 Å². The lowest BCUT2D eigenvalue weighted by Crippen LogP contribution is -2.09. The first-order chi connectivity index (χ1) is 11.3. The van der Waals surface area contributed by atoms with Gasteiger partial charge in [-0.3, -0.25) is 0 Å². The molecule has 0 saturated heterocycles. The fraction of sp³-hybridized carbons (Fsp3) is 0.211. The number of nitrogens with one attached hydrogen (secondary N) is 1. The summed E-state index contributed by atoms with van der Waals surface area (Å²) in [6.45, 7) is 5.32. The van der Waals surface area contributed by atoms with Crippen molar-refractivity contribution in [1.29, 1.82) is 0 Å². The number of aliphatic carboxylic acids is 1. The number of carboxylic acid groups (broad SMARTS) is 1. The average Bonchev–Trinajstić information content (AvgIpc) is 2.50. The van der Waals surface area contributed by atoms with Crippen LogP contribution in [0.25, 0.3) is 17.2 Å². The Morgan fingerprint density at radius 1 is 1.08 bits per heavy atom. The Kier molecular flexibility index (Phi) is 5.34. The zero-order chi connectivity index (χ0) is 17.9. The molecule has 5 heteroatoms. The van der Waals surface area contributed by atoms with Crippen LogP contribution in [-0.2, 0) is 4.79 Å². The molecule has 2 N–H and O–H groups in total. The molecule has 0 atom stereocenters. The van der Waals surface area contributed by atoms with Gasteiger partial charge in [-0.2, -0.15) is 0 Å². The minimum Gasteiger partial charge on any atom is -0.478 e. The standard InChI is InChI=1S/C19H19F2NO2/c1-11(2)22-15-6-4-13(5-7-15)14-9-17(20)16(18(21)10-14)8-12(3)19(23)24/h4-11,22H,1-3H3,(H,23,24)/b12-8+. The summed E-state index contributed by atoms with van der Waals surface area (Å²) in [5.41, 5.74) is 1.51. The van der Waals surface area contributed by atoms with Gasteiger partial charge in [-0.15, -0.1) is 0 Å². The van der Waals surface area contributed by atoms with E-state index in [-0.39, 0.29) is 17.2 Å². The van der Waals surface area contributed by atoms with Crippen molar-refractivity contribution in [3.05, 3.63) is 59.2 Å². The molecule has 0 aliphatic rings. The fourth-order valence-electron chi connectivity index (χ4n) is 2.26. The van der Waals surface area contributed by atoms with Crippen LogP contribution in [0.15, 0.2) is 42.0 Å². The molecule has 0 fully saturated rings. The first kappa shape index (κ1) is 17.7. The summed E-state index contributed by atoms with van der Waals surface area (Å²) >= 11 is 0. The Morgan fingerprint density at radius 3 is 2.08 bits per heavy atom. The third-order valence-electron chi connectivity index (χ3n) is 3.45. The lowest BCUT2D eigenvalue weighted by molar-refractivity contribution is -0.132. The SMILES string of the molecule is C/C(=C\c1c(F)cc(-c2ccc(NC(C)C)cc2)cc1F)C(=O)O. The van der Waals surface area contributed by atoms with Crippen molar-refractivity contribution in [2.45, 2.75) is 26.8 Å². The van der Waals surface area contributed by atoms with Crippen LogP contribution in [0, 0.1) is 11.6 Å². The van der Waals surface area contributed by atoms with Crippen LogP contribution in [0.2, 0.25) is 0 Å². The van der Waals surface area contributed by atoms with Crippen LogP contribution in [0.3, 0.4) is 0 Å². The minimum absolute atomic E-state index is 0.135. The topological polar surface area (TPSA) is 49.3 Å². The van der Waals surface area contributed by atoms with E-state index in [4.69, 9.17) is 5.11 Å². The van der Waals surface area contributed by atoms with Crippen molar-refractivity contribution in [3.63, 3.8) is 0 Å². The Hall–Kier alpha value is -2.69. The van der Waals surface area contributed by atoms with Gasteiger partial charge in [-0.1, -0.05) is 12.1 Å². The molecule has 0 spiro atoms. The van der Waals surface area contributed by atoms with Crippen LogP contribution >= 0.6 is 0 Å². The maximum absolute atomic E-state index is 14.2. The van der Waals surface area contributed by atoms with E-state index in [1.165, 1.54) is 19.1 Å². The molecule has 2 aromatic rings. The van der Waals surface area contributed by atoms with Gasteiger partial charge in [0.1, 0.15) is 11.6 Å². The first-order valence-electron chi connectivity index (χ1n) is 7.55. The van der Waals surface area contributed by atoms with Crippen molar-refractivity contribution in [2.75, 3.05) is 5.32 Å².